The second-order valence-corrected chi connectivity index (χ2v) is 9.22. The zero-order valence-electron chi connectivity index (χ0n) is 19.2. The number of nitrogens with zero attached hydrogens (tertiary/aromatic N) is 5. The summed E-state index contributed by atoms with van der Waals surface area (Å²) in [7, 11) is 0. The molecule has 3 heterocycles. The van der Waals surface area contributed by atoms with Gasteiger partial charge in [-0.1, -0.05) is 29.8 Å². The van der Waals surface area contributed by atoms with Crippen molar-refractivity contribution in [3.63, 3.8) is 0 Å². The zero-order valence-corrected chi connectivity index (χ0v) is 20.0. The number of nitrogens with one attached hydrogen (secondary N) is 2. The monoisotopic (exact) mass is 479 g/mol. The Morgan fingerprint density at radius 1 is 1.09 bits per heavy atom. The van der Waals surface area contributed by atoms with Crippen molar-refractivity contribution in [2.75, 3.05) is 56.6 Å². The number of halogens is 1. The highest BCUT2D eigenvalue weighted by atomic mass is 35.5. The minimum atomic E-state index is 0.489. The molecule has 0 amide bonds. The van der Waals surface area contributed by atoms with Crippen LogP contribution in [-0.2, 0) is 4.74 Å². The molecule has 9 heteroatoms. The van der Waals surface area contributed by atoms with Crippen LogP contribution in [0.4, 0.5) is 11.9 Å². The standard InChI is InChI=1S/C25H30ClN7O/c26-21-4-1-3-18(15-21)5-8-22-29-24(27-9-2-10-33-11-13-34-14-12-33)32-25(30-22)31-23-16-20(17-28-23)19-6-7-19/h1,3-5,8,15-16,19H,2,6-7,9-14,17H2,(H2,27,28,29,30,31,32)/b8-5+. The first-order valence-electron chi connectivity index (χ1n) is 12.0. The van der Waals surface area contributed by atoms with E-state index in [0.29, 0.717) is 28.7 Å². The van der Waals surface area contributed by atoms with Gasteiger partial charge in [0.1, 0.15) is 5.84 Å². The number of hydrogen-bond donors (Lipinski definition) is 2. The SMILES string of the molecule is Clc1cccc(/C=C/c2nc(NCCCN3CCOCC3)nc(NC3=NCC(C4CC4)=C3)n2)c1. The molecule has 0 unspecified atom stereocenters. The highest BCUT2D eigenvalue weighted by Gasteiger charge is 2.28. The topological polar surface area (TPSA) is 87.6 Å². The second-order valence-electron chi connectivity index (χ2n) is 8.78. The van der Waals surface area contributed by atoms with Gasteiger partial charge in [-0.15, -0.1) is 0 Å². The minimum absolute atomic E-state index is 0.489. The molecule has 1 aliphatic carbocycles. The van der Waals surface area contributed by atoms with Crippen LogP contribution in [0.3, 0.4) is 0 Å². The lowest BCUT2D eigenvalue weighted by atomic mass is 10.2. The molecular formula is C25H30ClN7O. The van der Waals surface area contributed by atoms with E-state index >= 15 is 0 Å². The van der Waals surface area contributed by atoms with Crippen LogP contribution < -0.4 is 10.6 Å². The number of hydrogen-bond acceptors (Lipinski definition) is 8. The van der Waals surface area contributed by atoms with E-state index in [1.54, 1.807) is 0 Å². The Balaban J connectivity index is 1.26. The number of amidine groups is 1. The number of rotatable bonds is 9. The van der Waals surface area contributed by atoms with Crippen molar-refractivity contribution in [1.82, 2.24) is 19.9 Å². The first-order chi connectivity index (χ1) is 16.7. The molecule has 5 rings (SSSR count). The maximum absolute atomic E-state index is 6.11. The van der Waals surface area contributed by atoms with Gasteiger partial charge in [0.25, 0.3) is 0 Å². The average Bonchev–Trinajstić information content (AvgIpc) is 3.60. The number of anilines is 2. The fourth-order valence-corrected chi connectivity index (χ4v) is 4.24. The van der Waals surface area contributed by atoms with Crippen molar-refractivity contribution < 1.29 is 4.74 Å². The Morgan fingerprint density at radius 3 is 2.76 bits per heavy atom. The Bertz CT molecular complexity index is 1090. The number of benzene rings is 1. The molecule has 2 aromatic rings. The summed E-state index contributed by atoms with van der Waals surface area (Å²) in [4.78, 5) is 20.8. The molecule has 1 aromatic heterocycles. The van der Waals surface area contributed by atoms with E-state index in [2.05, 4.69) is 41.6 Å². The molecule has 1 saturated heterocycles. The van der Waals surface area contributed by atoms with Crippen molar-refractivity contribution in [3.8, 4) is 0 Å². The fraction of sp³-hybridized carbons (Fsp3) is 0.440. The maximum atomic E-state index is 6.11. The van der Waals surface area contributed by atoms with Crippen molar-refractivity contribution >= 4 is 41.5 Å². The smallest absolute Gasteiger partial charge is 0.233 e. The third-order valence-electron chi connectivity index (χ3n) is 6.06. The van der Waals surface area contributed by atoms with E-state index < -0.39 is 0 Å². The van der Waals surface area contributed by atoms with E-state index in [1.165, 1.54) is 18.4 Å². The van der Waals surface area contributed by atoms with Gasteiger partial charge in [0.2, 0.25) is 11.9 Å². The van der Waals surface area contributed by atoms with Crippen molar-refractivity contribution in [2.24, 2.45) is 10.9 Å². The summed E-state index contributed by atoms with van der Waals surface area (Å²) in [6.45, 7) is 6.21. The Hall–Kier alpha value is -2.81. The summed E-state index contributed by atoms with van der Waals surface area (Å²) in [5.74, 6) is 3.13. The lowest BCUT2D eigenvalue weighted by molar-refractivity contribution is 0.0378. The van der Waals surface area contributed by atoms with E-state index in [9.17, 15) is 0 Å². The molecule has 0 radical (unpaired) electrons. The number of aliphatic imine (C=N–C) groups is 1. The lowest BCUT2D eigenvalue weighted by Crippen LogP contribution is -2.37. The molecule has 2 aliphatic heterocycles. The van der Waals surface area contributed by atoms with Crippen LogP contribution in [-0.4, -0.2) is 71.6 Å². The molecule has 1 saturated carbocycles. The fourth-order valence-electron chi connectivity index (χ4n) is 4.05. The van der Waals surface area contributed by atoms with Gasteiger partial charge in [0, 0.05) is 24.7 Å². The zero-order chi connectivity index (χ0) is 23.2. The third kappa shape index (κ3) is 6.62. The van der Waals surface area contributed by atoms with E-state index in [1.807, 2.05) is 36.4 Å². The first-order valence-corrected chi connectivity index (χ1v) is 12.3. The minimum Gasteiger partial charge on any atom is -0.379 e. The van der Waals surface area contributed by atoms with Gasteiger partial charge in [-0.05, 0) is 67.1 Å². The predicted octanol–water partition coefficient (Wildman–Crippen LogP) is 3.99. The van der Waals surface area contributed by atoms with Gasteiger partial charge in [0.15, 0.2) is 5.82 Å². The molecule has 0 bridgehead atoms. The maximum Gasteiger partial charge on any atom is 0.233 e. The summed E-state index contributed by atoms with van der Waals surface area (Å²) in [6, 6.07) is 7.67. The molecule has 3 aliphatic rings. The Labute approximate surface area is 205 Å². The average molecular weight is 480 g/mol. The summed E-state index contributed by atoms with van der Waals surface area (Å²) in [5, 5.41) is 7.34. The van der Waals surface area contributed by atoms with Crippen LogP contribution in [0.5, 0.6) is 0 Å². The molecule has 0 spiro atoms. The summed E-state index contributed by atoms with van der Waals surface area (Å²) < 4.78 is 5.42. The van der Waals surface area contributed by atoms with Crippen molar-refractivity contribution in [3.05, 3.63) is 52.3 Å². The van der Waals surface area contributed by atoms with Crippen LogP contribution >= 0.6 is 11.6 Å². The van der Waals surface area contributed by atoms with Crippen molar-refractivity contribution in [2.45, 2.75) is 19.3 Å². The third-order valence-corrected chi connectivity index (χ3v) is 6.29. The molecule has 2 fully saturated rings. The highest BCUT2D eigenvalue weighted by molar-refractivity contribution is 6.30. The molecule has 0 atom stereocenters. The lowest BCUT2D eigenvalue weighted by Gasteiger charge is -2.26. The largest absolute Gasteiger partial charge is 0.379 e. The molecule has 34 heavy (non-hydrogen) atoms. The highest BCUT2D eigenvalue weighted by Crippen LogP contribution is 2.37. The van der Waals surface area contributed by atoms with Crippen LogP contribution in [0.15, 0.2) is 40.9 Å². The number of morpholine rings is 1. The van der Waals surface area contributed by atoms with Gasteiger partial charge in [-0.3, -0.25) is 9.89 Å². The Kier molecular flexibility index (Phi) is 7.48. The molecule has 178 valence electrons. The van der Waals surface area contributed by atoms with Gasteiger partial charge < -0.3 is 15.4 Å². The van der Waals surface area contributed by atoms with Gasteiger partial charge in [0.05, 0.1) is 19.8 Å². The normalized spacial score (nSPS) is 18.7. The number of ether oxygens (including phenoxy) is 1. The van der Waals surface area contributed by atoms with E-state index in [4.69, 9.17) is 16.3 Å². The van der Waals surface area contributed by atoms with Gasteiger partial charge in [-0.2, -0.15) is 15.0 Å². The second kappa shape index (κ2) is 11.1. The predicted molar refractivity (Wildman–Crippen MR) is 137 cm³/mol. The van der Waals surface area contributed by atoms with Crippen LogP contribution in [0.1, 0.15) is 30.7 Å². The summed E-state index contributed by atoms with van der Waals surface area (Å²) in [5.41, 5.74) is 2.39. The molecular weight excluding hydrogens is 450 g/mol. The van der Waals surface area contributed by atoms with Crippen LogP contribution in [0, 0.1) is 5.92 Å². The quantitative estimate of drug-likeness (QED) is 0.526. The molecule has 1 aromatic carbocycles. The molecule has 2 N–H and O–H groups in total. The van der Waals surface area contributed by atoms with Crippen LogP contribution in [0.25, 0.3) is 12.2 Å². The van der Waals surface area contributed by atoms with Gasteiger partial charge >= 0.3 is 0 Å². The van der Waals surface area contributed by atoms with Crippen molar-refractivity contribution in [1.29, 1.82) is 0 Å². The van der Waals surface area contributed by atoms with Gasteiger partial charge in [-0.25, -0.2) is 0 Å². The van der Waals surface area contributed by atoms with E-state index in [0.717, 1.165) is 63.8 Å². The first kappa shape index (κ1) is 23.0. The van der Waals surface area contributed by atoms with E-state index in [-0.39, 0.29) is 0 Å². The summed E-state index contributed by atoms with van der Waals surface area (Å²) >= 11 is 6.11. The summed E-state index contributed by atoms with van der Waals surface area (Å²) in [6.07, 6.45) is 9.51. The van der Waals surface area contributed by atoms with Crippen LogP contribution in [0.2, 0.25) is 5.02 Å². The number of aromatic nitrogens is 3. The Morgan fingerprint density at radius 2 is 1.94 bits per heavy atom. The molecule has 8 nitrogen and oxygen atoms in total.